The van der Waals surface area contributed by atoms with Gasteiger partial charge in [0, 0.05) is 27.5 Å². The third-order valence-corrected chi connectivity index (χ3v) is 10.1. The van der Waals surface area contributed by atoms with Crippen LogP contribution in [0.1, 0.15) is 0 Å². The van der Waals surface area contributed by atoms with Crippen molar-refractivity contribution in [3.05, 3.63) is 194 Å². The second kappa shape index (κ2) is 12.9. The molecule has 0 amide bonds. The van der Waals surface area contributed by atoms with E-state index in [4.69, 9.17) is 14.4 Å². The molecule has 8 aromatic carbocycles. The Balaban J connectivity index is 1.14. The Bertz CT molecular complexity index is 2910. The molecule has 10 aromatic rings. The number of hydrogen-bond donors (Lipinski definition) is 0. The number of fused-ring (bicyclic) bond motifs is 5. The van der Waals surface area contributed by atoms with Gasteiger partial charge in [0.25, 0.3) is 0 Å². The van der Waals surface area contributed by atoms with Gasteiger partial charge in [0.2, 0.25) is 0 Å². The van der Waals surface area contributed by atoms with Crippen LogP contribution in [0.5, 0.6) is 0 Å². The minimum Gasteiger partial charge on any atom is -0.456 e. The molecule has 0 aliphatic heterocycles. The van der Waals surface area contributed by atoms with Crippen LogP contribution in [0.4, 0.5) is 0 Å². The monoisotopic (exact) mass is 676 g/mol. The summed E-state index contributed by atoms with van der Waals surface area (Å²) in [5.74, 6) is 0.674. The van der Waals surface area contributed by atoms with Gasteiger partial charge in [-0.2, -0.15) is 0 Å². The molecule has 10 rings (SSSR count). The van der Waals surface area contributed by atoms with E-state index in [0.717, 1.165) is 72.3 Å². The largest absolute Gasteiger partial charge is 0.456 e. The molecule has 0 atom stereocenters. The summed E-state index contributed by atoms with van der Waals surface area (Å²) in [6.45, 7) is 0. The Morgan fingerprint density at radius 1 is 0.302 bits per heavy atom. The zero-order valence-corrected chi connectivity index (χ0v) is 28.8. The molecule has 0 saturated carbocycles. The van der Waals surface area contributed by atoms with Crippen molar-refractivity contribution >= 4 is 32.7 Å². The Morgan fingerprint density at radius 3 is 1.49 bits per heavy atom. The van der Waals surface area contributed by atoms with Gasteiger partial charge in [-0.15, -0.1) is 0 Å². The summed E-state index contributed by atoms with van der Waals surface area (Å²) in [4.78, 5) is 10.4. The van der Waals surface area contributed by atoms with E-state index in [1.54, 1.807) is 0 Å². The Hall–Kier alpha value is -7.10. The van der Waals surface area contributed by atoms with Gasteiger partial charge in [-0.05, 0) is 86.6 Å². The van der Waals surface area contributed by atoms with Crippen LogP contribution in [0.25, 0.3) is 100.0 Å². The minimum absolute atomic E-state index is 0.674. The molecule has 0 bridgehead atoms. The van der Waals surface area contributed by atoms with Gasteiger partial charge in [0.15, 0.2) is 5.82 Å². The molecule has 0 saturated heterocycles. The molecule has 3 nitrogen and oxygen atoms in total. The number of rotatable bonds is 6. The molecular formula is C50H32N2O. The molecule has 3 heteroatoms. The Labute approximate surface area is 307 Å². The van der Waals surface area contributed by atoms with Gasteiger partial charge in [-0.1, -0.05) is 152 Å². The lowest BCUT2D eigenvalue weighted by atomic mass is 9.93. The fourth-order valence-corrected chi connectivity index (χ4v) is 7.39. The first kappa shape index (κ1) is 30.7. The SMILES string of the molecule is c1ccc(-c2ccc(-c3cc(-c4ccccc4)cc(-c4cc(-c5ccc6c(c5)oc5ccc7ccccc7c56)nc(-c5ccccc5)n4)c3)cc2)cc1. The second-order valence-electron chi connectivity index (χ2n) is 13.4. The van der Waals surface area contributed by atoms with Crippen LogP contribution in [0.15, 0.2) is 199 Å². The lowest BCUT2D eigenvalue weighted by molar-refractivity contribution is 0.669. The van der Waals surface area contributed by atoms with Crippen LogP contribution in [0.3, 0.4) is 0 Å². The van der Waals surface area contributed by atoms with E-state index in [2.05, 4.69) is 176 Å². The summed E-state index contributed by atoms with van der Waals surface area (Å²) in [6.07, 6.45) is 0. The van der Waals surface area contributed by atoms with Gasteiger partial charge in [0.1, 0.15) is 11.2 Å². The summed E-state index contributed by atoms with van der Waals surface area (Å²) in [7, 11) is 0. The Kier molecular flexibility index (Phi) is 7.47. The van der Waals surface area contributed by atoms with Gasteiger partial charge in [-0.3, -0.25) is 0 Å². The summed E-state index contributed by atoms with van der Waals surface area (Å²) in [5, 5.41) is 4.62. The van der Waals surface area contributed by atoms with Crippen molar-refractivity contribution in [1.82, 2.24) is 9.97 Å². The molecule has 248 valence electrons. The minimum atomic E-state index is 0.674. The molecule has 0 fully saturated rings. The van der Waals surface area contributed by atoms with E-state index in [-0.39, 0.29) is 0 Å². The molecule has 0 aliphatic carbocycles. The average molecular weight is 677 g/mol. The van der Waals surface area contributed by atoms with Crippen LogP contribution >= 0.6 is 0 Å². The molecule has 0 N–H and O–H groups in total. The summed E-state index contributed by atoms with van der Waals surface area (Å²) in [6, 6.07) is 68.1. The van der Waals surface area contributed by atoms with Crippen LogP contribution in [0.2, 0.25) is 0 Å². The number of furan rings is 1. The average Bonchev–Trinajstić information content (AvgIpc) is 3.63. The fraction of sp³-hybridized carbons (Fsp3) is 0. The quantitative estimate of drug-likeness (QED) is 0.176. The maximum atomic E-state index is 6.48. The zero-order chi connectivity index (χ0) is 35.1. The predicted molar refractivity (Wildman–Crippen MR) is 219 cm³/mol. The maximum Gasteiger partial charge on any atom is 0.160 e. The van der Waals surface area contributed by atoms with Crippen molar-refractivity contribution < 1.29 is 4.42 Å². The third kappa shape index (κ3) is 5.75. The van der Waals surface area contributed by atoms with Gasteiger partial charge in [-0.25, -0.2) is 9.97 Å². The van der Waals surface area contributed by atoms with Crippen molar-refractivity contribution in [2.24, 2.45) is 0 Å². The van der Waals surface area contributed by atoms with E-state index in [1.165, 1.54) is 21.9 Å². The number of hydrogen-bond acceptors (Lipinski definition) is 3. The lowest BCUT2D eigenvalue weighted by Gasteiger charge is -2.13. The molecule has 0 aliphatic rings. The van der Waals surface area contributed by atoms with Crippen LogP contribution in [-0.4, -0.2) is 9.97 Å². The van der Waals surface area contributed by atoms with Gasteiger partial charge < -0.3 is 4.42 Å². The van der Waals surface area contributed by atoms with E-state index in [1.807, 2.05) is 18.2 Å². The van der Waals surface area contributed by atoms with E-state index in [9.17, 15) is 0 Å². The zero-order valence-electron chi connectivity index (χ0n) is 28.8. The van der Waals surface area contributed by atoms with Crippen molar-refractivity contribution in [1.29, 1.82) is 0 Å². The first-order chi connectivity index (χ1) is 26.2. The van der Waals surface area contributed by atoms with Crippen molar-refractivity contribution in [3.8, 4) is 67.3 Å². The smallest absolute Gasteiger partial charge is 0.160 e. The lowest BCUT2D eigenvalue weighted by Crippen LogP contribution is -1.96. The Morgan fingerprint density at radius 2 is 0.811 bits per heavy atom. The van der Waals surface area contributed by atoms with E-state index < -0.39 is 0 Å². The van der Waals surface area contributed by atoms with Gasteiger partial charge in [0.05, 0.1) is 11.4 Å². The van der Waals surface area contributed by atoms with E-state index >= 15 is 0 Å². The number of benzene rings is 8. The highest BCUT2D eigenvalue weighted by atomic mass is 16.3. The van der Waals surface area contributed by atoms with Crippen molar-refractivity contribution in [3.63, 3.8) is 0 Å². The summed E-state index contributed by atoms with van der Waals surface area (Å²) < 4.78 is 6.48. The fourth-order valence-electron chi connectivity index (χ4n) is 7.39. The predicted octanol–water partition coefficient (Wildman–Crippen LogP) is 13.5. The van der Waals surface area contributed by atoms with Crippen molar-refractivity contribution in [2.75, 3.05) is 0 Å². The first-order valence-electron chi connectivity index (χ1n) is 17.9. The second-order valence-corrected chi connectivity index (χ2v) is 13.4. The van der Waals surface area contributed by atoms with Crippen LogP contribution in [0, 0.1) is 0 Å². The topological polar surface area (TPSA) is 38.9 Å². The van der Waals surface area contributed by atoms with Crippen molar-refractivity contribution in [2.45, 2.75) is 0 Å². The number of aromatic nitrogens is 2. The molecule has 2 heterocycles. The molecule has 0 radical (unpaired) electrons. The van der Waals surface area contributed by atoms with E-state index in [0.29, 0.717) is 5.82 Å². The molecule has 2 aromatic heterocycles. The number of nitrogens with zero attached hydrogens (tertiary/aromatic N) is 2. The highest BCUT2D eigenvalue weighted by Crippen LogP contribution is 2.38. The molecular weight excluding hydrogens is 645 g/mol. The summed E-state index contributed by atoms with van der Waals surface area (Å²) >= 11 is 0. The standard InChI is InChI=1S/C50H32N2O/c1-4-12-33(13-5-1)35-20-22-36(23-21-35)41-28-40(34-14-6-2-7-15-34)29-42(30-41)46-32-45(51-50(52-46)38-17-8-3-9-18-38)39-24-26-44-48(31-39)53-47-27-25-37-16-10-11-19-43(37)49(44)47/h1-32H. The molecule has 0 spiro atoms. The van der Waals surface area contributed by atoms with Crippen LogP contribution in [-0.2, 0) is 0 Å². The first-order valence-corrected chi connectivity index (χ1v) is 17.9. The normalized spacial score (nSPS) is 11.4. The third-order valence-electron chi connectivity index (χ3n) is 10.1. The maximum absolute atomic E-state index is 6.48. The van der Waals surface area contributed by atoms with Crippen LogP contribution < -0.4 is 0 Å². The summed E-state index contributed by atoms with van der Waals surface area (Å²) in [5.41, 5.74) is 13.3. The molecule has 53 heavy (non-hydrogen) atoms. The van der Waals surface area contributed by atoms with Gasteiger partial charge >= 0.3 is 0 Å². The highest BCUT2D eigenvalue weighted by molar-refractivity contribution is 6.19. The molecule has 0 unspecified atom stereocenters. The highest BCUT2D eigenvalue weighted by Gasteiger charge is 2.16.